The SMILES string of the molecule is CCC(N)C(N(C)C(C)C1CC1)C(C)(C)C. The standard InChI is InChI=1S/C14H30N2/c1-7-12(15)13(14(3,4)5)16(6)10(2)11-8-9-11/h10-13H,7-9,15H2,1-6H3. The predicted octanol–water partition coefficient (Wildman–Crippen LogP) is 2.87. The van der Waals surface area contributed by atoms with Crippen LogP contribution in [0.15, 0.2) is 0 Å². The summed E-state index contributed by atoms with van der Waals surface area (Å²) >= 11 is 0. The number of hydrogen-bond acceptors (Lipinski definition) is 2. The highest BCUT2D eigenvalue weighted by molar-refractivity contribution is 4.94. The largest absolute Gasteiger partial charge is 0.326 e. The van der Waals surface area contributed by atoms with Gasteiger partial charge in [-0.05, 0) is 44.6 Å². The Kier molecular flexibility index (Phi) is 4.42. The number of nitrogens with two attached hydrogens (primary N) is 1. The van der Waals surface area contributed by atoms with E-state index in [2.05, 4.69) is 46.6 Å². The van der Waals surface area contributed by atoms with Crippen molar-refractivity contribution < 1.29 is 0 Å². The van der Waals surface area contributed by atoms with Gasteiger partial charge in [0.15, 0.2) is 0 Å². The maximum absolute atomic E-state index is 6.32. The van der Waals surface area contributed by atoms with Crippen molar-refractivity contribution in [3.63, 3.8) is 0 Å². The van der Waals surface area contributed by atoms with Gasteiger partial charge < -0.3 is 5.73 Å². The molecule has 2 N–H and O–H groups in total. The number of rotatable bonds is 5. The summed E-state index contributed by atoms with van der Waals surface area (Å²) < 4.78 is 0. The zero-order valence-electron chi connectivity index (χ0n) is 12.0. The fraction of sp³-hybridized carbons (Fsp3) is 1.00. The third-order valence-electron chi connectivity index (χ3n) is 4.15. The Labute approximate surface area is 102 Å². The summed E-state index contributed by atoms with van der Waals surface area (Å²) in [5, 5.41) is 0. The van der Waals surface area contributed by atoms with E-state index in [9.17, 15) is 0 Å². The van der Waals surface area contributed by atoms with Crippen LogP contribution in [0.3, 0.4) is 0 Å². The minimum Gasteiger partial charge on any atom is -0.326 e. The van der Waals surface area contributed by atoms with Crippen molar-refractivity contribution in [2.24, 2.45) is 17.1 Å². The van der Waals surface area contributed by atoms with Gasteiger partial charge in [0, 0.05) is 18.1 Å². The van der Waals surface area contributed by atoms with Crippen molar-refractivity contribution in [1.82, 2.24) is 4.90 Å². The zero-order chi connectivity index (χ0) is 12.5. The number of nitrogens with zero attached hydrogens (tertiary/aromatic N) is 1. The quantitative estimate of drug-likeness (QED) is 0.781. The van der Waals surface area contributed by atoms with Crippen LogP contribution in [0.5, 0.6) is 0 Å². The molecule has 0 spiro atoms. The van der Waals surface area contributed by atoms with Crippen LogP contribution in [0.2, 0.25) is 0 Å². The van der Waals surface area contributed by atoms with E-state index >= 15 is 0 Å². The van der Waals surface area contributed by atoms with Gasteiger partial charge in [-0.15, -0.1) is 0 Å². The lowest BCUT2D eigenvalue weighted by molar-refractivity contribution is 0.0613. The molecule has 1 aliphatic carbocycles. The molecule has 1 fully saturated rings. The normalized spacial score (nSPS) is 23.2. The molecule has 0 amide bonds. The van der Waals surface area contributed by atoms with E-state index in [1.165, 1.54) is 12.8 Å². The minimum atomic E-state index is 0.257. The minimum absolute atomic E-state index is 0.257. The molecule has 0 aromatic heterocycles. The van der Waals surface area contributed by atoms with Gasteiger partial charge in [0.2, 0.25) is 0 Å². The smallest absolute Gasteiger partial charge is 0.0295 e. The van der Waals surface area contributed by atoms with E-state index in [1.807, 2.05) is 0 Å². The molecule has 0 heterocycles. The maximum atomic E-state index is 6.32. The molecule has 0 aromatic carbocycles. The molecule has 0 aliphatic heterocycles. The Morgan fingerprint density at radius 3 is 2.12 bits per heavy atom. The first kappa shape index (κ1) is 14.0. The molecule has 1 rings (SSSR count). The zero-order valence-corrected chi connectivity index (χ0v) is 12.0. The third-order valence-corrected chi connectivity index (χ3v) is 4.15. The summed E-state index contributed by atoms with van der Waals surface area (Å²) in [6.45, 7) is 11.5. The molecule has 0 bridgehead atoms. The summed E-state index contributed by atoms with van der Waals surface area (Å²) in [7, 11) is 2.26. The molecule has 0 aromatic rings. The monoisotopic (exact) mass is 226 g/mol. The molecule has 2 nitrogen and oxygen atoms in total. The summed E-state index contributed by atoms with van der Waals surface area (Å²) in [5.41, 5.74) is 6.58. The van der Waals surface area contributed by atoms with E-state index in [0.29, 0.717) is 12.1 Å². The fourth-order valence-electron chi connectivity index (χ4n) is 2.94. The summed E-state index contributed by atoms with van der Waals surface area (Å²) in [6, 6.07) is 1.45. The van der Waals surface area contributed by atoms with Crippen molar-refractivity contribution in [3.8, 4) is 0 Å². The fourth-order valence-corrected chi connectivity index (χ4v) is 2.94. The van der Waals surface area contributed by atoms with Crippen LogP contribution in [0.4, 0.5) is 0 Å². The molecule has 2 heteroatoms. The van der Waals surface area contributed by atoms with Crippen LogP contribution in [0.1, 0.15) is 53.9 Å². The number of likely N-dealkylation sites (N-methyl/N-ethyl adjacent to an activating group) is 1. The van der Waals surface area contributed by atoms with Crippen LogP contribution in [-0.2, 0) is 0 Å². The van der Waals surface area contributed by atoms with Gasteiger partial charge in [0.1, 0.15) is 0 Å². The third kappa shape index (κ3) is 3.21. The van der Waals surface area contributed by atoms with Crippen molar-refractivity contribution in [1.29, 1.82) is 0 Å². The summed E-state index contributed by atoms with van der Waals surface area (Å²) in [4.78, 5) is 2.53. The lowest BCUT2D eigenvalue weighted by Gasteiger charge is -2.44. The second kappa shape index (κ2) is 5.05. The van der Waals surface area contributed by atoms with Gasteiger partial charge >= 0.3 is 0 Å². The van der Waals surface area contributed by atoms with Crippen LogP contribution in [-0.4, -0.2) is 30.1 Å². The molecular weight excluding hydrogens is 196 g/mol. The lowest BCUT2D eigenvalue weighted by Crippen LogP contribution is -2.56. The van der Waals surface area contributed by atoms with E-state index in [4.69, 9.17) is 5.73 Å². The number of hydrogen-bond donors (Lipinski definition) is 1. The molecule has 0 radical (unpaired) electrons. The Balaban J connectivity index is 2.74. The van der Waals surface area contributed by atoms with Crippen molar-refractivity contribution in [2.75, 3.05) is 7.05 Å². The molecule has 1 saturated carbocycles. The highest BCUT2D eigenvalue weighted by Gasteiger charge is 2.39. The van der Waals surface area contributed by atoms with Crippen molar-refractivity contribution >= 4 is 0 Å². The first-order valence-corrected chi connectivity index (χ1v) is 6.76. The highest BCUT2D eigenvalue weighted by atomic mass is 15.2. The second-order valence-corrected chi connectivity index (χ2v) is 6.63. The Bertz CT molecular complexity index is 215. The average Bonchev–Trinajstić information content (AvgIpc) is 2.97. The Morgan fingerprint density at radius 2 is 1.81 bits per heavy atom. The maximum Gasteiger partial charge on any atom is 0.0295 e. The second-order valence-electron chi connectivity index (χ2n) is 6.63. The molecule has 1 aliphatic rings. The topological polar surface area (TPSA) is 29.3 Å². The van der Waals surface area contributed by atoms with Crippen LogP contribution in [0.25, 0.3) is 0 Å². The van der Waals surface area contributed by atoms with Crippen LogP contribution >= 0.6 is 0 Å². The Morgan fingerprint density at radius 1 is 1.31 bits per heavy atom. The van der Waals surface area contributed by atoms with Gasteiger partial charge in [-0.1, -0.05) is 27.7 Å². The summed E-state index contributed by atoms with van der Waals surface area (Å²) in [5.74, 6) is 0.916. The van der Waals surface area contributed by atoms with Gasteiger partial charge in [-0.3, -0.25) is 4.90 Å². The van der Waals surface area contributed by atoms with Crippen molar-refractivity contribution in [2.45, 2.75) is 72.0 Å². The highest BCUT2D eigenvalue weighted by Crippen LogP contribution is 2.38. The summed E-state index contributed by atoms with van der Waals surface area (Å²) in [6.07, 6.45) is 3.87. The molecule has 0 saturated heterocycles. The Hall–Kier alpha value is -0.0800. The van der Waals surface area contributed by atoms with E-state index in [1.54, 1.807) is 0 Å². The molecule has 16 heavy (non-hydrogen) atoms. The molecular formula is C14H30N2. The average molecular weight is 226 g/mol. The van der Waals surface area contributed by atoms with Crippen LogP contribution in [0, 0.1) is 11.3 Å². The van der Waals surface area contributed by atoms with Crippen molar-refractivity contribution in [3.05, 3.63) is 0 Å². The molecule has 3 atom stereocenters. The molecule has 3 unspecified atom stereocenters. The van der Waals surface area contributed by atoms with E-state index < -0.39 is 0 Å². The van der Waals surface area contributed by atoms with Gasteiger partial charge in [-0.25, -0.2) is 0 Å². The van der Waals surface area contributed by atoms with Gasteiger partial charge in [0.25, 0.3) is 0 Å². The van der Waals surface area contributed by atoms with Crippen LogP contribution < -0.4 is 5.73 Å². The van der Waals surface area contributed by atoms with Gasteiger partial charge in [0.05, 0.1) is 0 Å². The van der Waals surface area contributed by atoms with Gasteiger partial charge in [-0.2, -0.15) is 0 Å². The molecule has 96 valence electrons. The lowest BCUT2D eigenvalue weighted by atomic mass is 9.80. The van der Waals surface area contributed by atoms with E-state index in [-0.39, 0.29) is 11.5 Å². The first-order chi connectivity index (χ1) is 7.29. The first-order valence-electron chi connectivity index (χ1n) is 6.76. The van der Waals surface area contributed by atoms with E-state index in [0.717, 1.165) is 12.3 Å². The predicted molar refractivity (Wildman–Crippen MR) is 71.5 cm³/mol.